The molecule has 21 heavy (non-hydrogen) atoms. The molecule has 0 aliphatic heterocycles. The minimum atomic E-state index is -0.508. The molecule has 0 radical (unpaired) electrons. The Bertz CT molecular complexity index is 469. The topological polar surface area (TPSA) is 61.4 Å². The van der Waals surface area contributed by atoms with Gasteiger partial charge < -0.3 is 15.7 Å². The number of hydrogen-bond acceptors (Lipinski definition) is 3. The zero-order valence-corrected chi connectivity index (χ0v) is 13.1. The van der Waals surface area contributed by atoms with E-state index in [2.05, 4.69) is 10.6 Å². The van der Waals surface area contributed by atoms with Crippen LogP contribution in [0.25, 0.3) is 0 Å². The zero-order chi connectivity index (χ0) is 15.5. The number of carbonyl (C=O) groups excluding carboxylic acids is 1. The van der Waals surface area contributed by atoms with Gasteiger partial charge in [0.05, 0.1) is 12.1 Å². The molecule has 0 spiro atoms. The van der Waals surface area contributed by atoms with Gasteiger partial charge in [-0.05, 0) is 37.3 Å². The number of aliphatic hydroxyl groups is 1. The number of para-hydroxylation sites is 1. The molecule has 0 saturated heterocycles. The van der Waals surface area contributed by atoms with Crippen LogP contribution in [0.4, 0.5) is 5.69 Å². The van der Waals surface area contributed by atoms with Gasteiger partial charge in [-0.3, -0.25) is 4.79 Å². The van der Waals surface area contributed by atoms with Gasteiger partial charge in [-0.2, -0.15) is 0 Å². The van der Waals surface area contributed by atoms with Crippen LogP contribution in [0.1, 0.15) is 40.0 Å². The third kappa shape index (κ3) is 3.76. The molecule has 2 atom stereocenters. The lowest BCUT2D eigenvalue weighted by molar-refractivity contribution is -0.124. The number of rotatable bonds is 7. The normalized spacial score (nSPS) is 18.9. The summed E-state index contributed by atoms with van der Waals surface area (Å²) in [4.78, 5) is 12.5. The van der Waals surface area contributed by atoms with E-state index in [-0.39, 0.29) is 17.9 Å². The van der Waals surface area contributed by atoms with Crippen molar-refractivity contribution >= 4 is 11.6 Å². The second-order valence-corrected chi connectivity index (χ2v) is 6.30. The van der Waals surface area contributed by atoms with Crippen molar-refractivity contribution in [3.05, 3.63) is 30.3 Å². The summed E-state index contributed by atoms with van der Waals surface area (Å²) in [6.45, 7) is 5.92. The number of anilines is 1. The number of carbonyl (C=O) groups is 1. The van der Waals surface area contributed by atoms with Crippen molar-refractivity contribution in [1.29, 1.82) is 0 Å². The molecule has 0 heterocycles. The van der Waals surface area contributed by atoms with E-state index in [1.165, 1.54) is 0 Å². The third-order valence-electron chi connectivity index (χ3n) is 4.19. The average Bonchev–Trinajstić information content (AvgIpc) is 3.25. The summed E-state index contributed by atoms with van der Waals surface area (Å²) in [7, 11) is 0. The number of benzene rings is 1. The smallest absolute Gasteiger partial charge is 0.245 e. The maximum absolute atomic E-state index is 12.5. The van der Waals surface area contributed by atoms with Gasteiger partial charge in [-0.15, -0.1) is 0 Å². The molecule has 1 aliphatic carbocycles. The molecule has 1 fully saturated rings. The van der Waals surface area contributed by atoms with Crippen molar-refractivity contribution in [2.24, 2.45) is 5.92 Å². The molecule has 0 bridgehead atoms. The summed E-state index contributed by atoms with van der Waals surface area (Å²) < 4.78 is 0. The van der Waals surface area contributed by atoms with Crippen LogP contribution in [0.5, 0.6) is 0 Å². The van der Waals surface area contributed by atoms with Crippen LogP contribution in [-0.4, -0.2) is 28.7 Å². The van der Waals surface area contributed by atoms with E-state index < -0.39 is 11.6 Å². The van der Waals surface area contributed by atoms with Crippen LogP contribution in [-0.2, 0) is 4.79 Å². The number of amides is 1. The van der Waals surface area contributed by atoms with Gasteiger partial charge >= 0.3 is 0 Å². The fourth-order valence-corrected chi connectivity index (χ4v) is 2.53. The second kappa shape index (κ2) is 6.48. The SMILES string of the molecule is CCC(NC(=O)C1(Nc2ccccc2)CC1)C(O)C(C)C. The maximum atomic E-state index is 12.5. The Morgan fingerprint density at radius 2 is 1.90 bits per heavy atom. The molecular weight excluding hydrogens is 264 g/mol. The highest BCUT2D eigenvalue weighted by atomic mass is 16.3. The molecule has 116 valence electrons. The molecule has 2 unspecified atom stereocenters. The Hall–Kier alpha value is -1.55. The summed E-state index contributed by atoms with van der Waals surface area (Å²) in [5.41, 5.74) is 0.466. The molecule has 4 heteroatoms. The molecule has 0 aromatic heterocycles. The van der Waals surface area contributed by atoms with Crippen molar-refractivity contribution in [3.63, 3.8) is 0 Å². The highest BCUT2D eigenvalue weighted by Crippen LogP contribution is 2.39. The first-order valence-electron chi connectivity index (χ1n) is 7.81. The lowest BCUT2D eigenvalue weighted by Crippen LogP contribution is -2.51. The average molecular weight is 290 g/mol. The molecule has 1 aromatic rings. The Kier molecular flexibility index (Phi) is 4.88. The Labute approximate surface area is 126 Å². The standard InChI is InChI=1S/C17H26N2O2/c1-4-14(15(20)12(2)3)18-16(21)17(10-11-17)19-13-8-6-5-7-9-13/h5-9,12,14-15,19-20H,4,10-11H2,1-3H3,(H,18,21). The van der Waals surface area contributed by atoms with Gasteiger partial charge in [0.2, 0.25) is 5.91 Å². The van der Waals surface area contributed by atoms with Gasteiger partial charge in [0, 0.05) is 5.69 Å². The largest absolute Gasteiger partial charge is 0.391 e. The van der Waals surface area contributed by atoms with Crippen LogP contribution in [0.3, 0.4) is 0 Å². The van der Waals surface area contributed by atoms with Crippen molar-refractivity contribution < 1.29 is 9.90 Å². The molecule has 4 nitrogen and oxygen atoms in total. The van der Waals surface area contributed by atoms with Gasteiger partial charge in [0.25, 0.3) is 0 Å². The van der Waals surface area contributed by atoms with Crippen molar-refractivity contribution in [2.45, 2.75) is 57.7 Å². The van der Waals surface area contributed by atoms with Crippen LogP contribution >= 0.6 is 0 Å². The highest BCUT2D eigenvalue weighted by molar-refractivity contribution is 5.92. The zero-order valence-electron chi connectivity index (χ0n) is 13.1. The Balaban J connectivity index is 1.99. The first-order valence-corrected chi connectivity index (χ1v) is 7.81. The van der Waals surface area contributed by atoms with Crippen LogP contribution in [0, 0.1) is 5.92 Å². The summed E-state index contributed by atoms with van der Waals surface area (Å²) in [6.07, 6.45) is 1.89. The highest BCUT2D eigenvalue weighted by Gasteiger charge is 2.50. The van der Waals surface area contributed by atoms with E-state index in [1.807, 2.05) is 51.1 Å². The first-order chi connectivity index (χ1) is 9.98. The number of hydrogen-bond donors (Lipinski definition) is 3. The minimum Gasteiger partial charge on any atom is -0.391 e. The molecular formula is C17H26N2O2. The van der Waals surface area contributed by atoms with Crippen molar-refractivity contribution in [3.8, 4) is 0 Å². The first kappa shape index (κ1) is 15.8. The molecule has 1 aliphatic rings. The second-order valence-electron chi connectivity index (χ2n) is 6.30. The summed E-state index contributed by atoms with van der Waals surface area (Å²) in [5, 5.41) is 16.5. The molecule has 1 aromatic carbocycles. The lowest BCUT2D eigenvalue weighted by Gasteiger charge is -2.28. The minimum absolute atomic E-state index is 0.00194. The van der Waals surface area contributed by atoms with Gasteiger partial charge in [-0.25, -0.2) is 0 Å². The van der Waals surface area contributed by atoms with E-state index in [0.717, 1.165) is 24.9 Å². The van der Waals surface area contributed by atoms with E-state index in [9.17, 15) is 9.90 Å². The van der Waals surface area contributed by atoms with E-state index >= 15 is 0 Å². The van der Waals surface area contributed by atoms with Crippen LogP contribution in [0.15, 0.2) is 30.3 Å². The quantitative estimate of drug-likeness (QED) is 0.723. The van der Waals surface area contributed by atoms with Crippen molar-refractivity contribution in [2.75, 3.05) is 5.32 Å². The summed E-state index contributed by atoms with van der Waals surface area (Å²) in [5.74, 6) is 0.130. The summed E-state index contributed by atoms with van der Waals surface area (Å²) >= 11 is 0. The van der Waals surface area contributed by atoms with E-state index in [1.54, 1.807) is 0 Å². The fraction of sp³-hybridized carbons (Fsp3) is 0.588. The van der Waals surface area contributed by atoms with E-state index in [4.69, 9.17) is 0 Å². The fourth-order valence-electron chi connectivity index (χ4n) is 2.53. The predicted octanol–water partition coefficient (Wildman–Crippen LogP) is 2.54. The third-order valence-corrected chi connectivity index (χ3v) is 4.19. The molecule has 2 rings (SSSR count). The van der Waals surface area contributed by atoms with Gasteiger partial charge in [-0.1, -0.05) is 39.0 Å². The molecule has 1 amide bonds. The molecule has 1 saturated carbocycles. The predicted molar refractivity (Wildman–Crippen MR) is 85.1 cm³/mol. The molecule has 3 N–H and O–H groups in total. The lowest BCUT2D eigenvalue weighted by atomic mass is 9.97. The monoisotopic (exact) mass is 290 g/mol. The van der Waals surface area contributed by atoms with E-state index in [0.29, 0.717) is 0 Å². The van der Waals surface area contributed by atoms with Crippen LogP contribution in [0.2, 0.25) is 0 Å². The number of aliphatic hydroxyl groups excluding tert-OH is 1. The van der Waals surface area contributed by atoms with Crippen LogP contribution < -0.4 is 10.6 Å². The maximum Gasteiger partial charge on any atom is 0.245 e. The van der Waals surface area contributed by atoms with Crippen molar-refractivity contribution in [1.82, 2.24) is 5.32 Å². The van der Waals surface area contributed by atoms with Gasteiger partial charge in [0.1, 0.15) is 5.54 Å². The Morgan fingerprint density at radius 3 is 2.38 bits per heavy atom. The Morgan fingerprint density at radius 1 is 1.29 bits per heavy atom. The number of nitrogens with one attached hydrogen (secondary N) is 2. The van der Waals surface area contributed by atoms with Gasteiger partial charge in [0.15, 0.2) is 0 Å². The summed E-state index contributed by atoms with van der Waals surface area (Å²) in [6, 6.07) is 9.60.